The van der Waals surface area contributed by atoms with Gasteiger partial charge in [-0.1, -0.05) is 12.1 Å². The first-order valence-electron chi connectivity index (χ1n) is 5.09. The Morgan fingerprint density at radius 1 is 1.50 bits per heavy atom. The first-order valence-corrected chi connectivity index (χ1v) is 5.09. The predicted octanol–water partition coefficient (Wildman–Crippen LogP) is 1.51. The Hall–Kier alpha value is -1.19. The molecule has 0 aliphatic heterocycles. The third-order valence-corrected chi connectivity index (χ3v) is 2.07. The van der Waals surface area contributed by atoms with Crippen LogP contribution >= 0.6 is 0 Å². The van der Waals surface area contributed by atoms with E-state index in [1.54, 1.807) is 4.68 Å². The predicted molar refractivity (Wildman–Crippen MR) is 53.9 cm³/mol. The monoisotopic (exact) mass is 195 g/mol. The zero-order chi connectivity index (χ0) is 10.4. The molecular formula is C10H17N3O. The summed E-state index contributed by atoms with van der Waals surface area (Å²) in [5, 5.41) is 7.79. The minimum atomic E-state index is 0.358. The summed E-state index contributed by atoms with van der Waals surface area (Å²) < 4.78 is 1.68. The van der Waals surface area contributed by atoms with Crippen LogP contribution in [0.25, 0.3) is 0 Å². The van der Waals surface area contributed by atoms with E-state index >= 15 is 0 Å². The Balaban J connectivity index is 2.18. The van der Waals surface area contributed by atoms with Gasteiger partial charge in [0.15, 0.2) is 0 Å². The minimum Gasteiger partial charge on any atom is -0.300 e. The van der Waals surface area contributed by atoms with Gasteiger partial charge in [0.2, 0.25) is 0 Å². The van der Waals surface area contributed by atoms with Crippen molar-refractivity contribution in [3.8, 4) is 0 Å². The number of rotatable bonds is 6. The summed E-state index contributed by atoms with van der Waals surface area (Å²) in [6.45, 7) is 2.03. The average Bonchev–Trinajstić information content (AvgIpc) is 2.52. The van der Waals surface area contributed by atoms with Crippen molar-refractivity contribution in [1.29, 1.82) is 0 Å². The molecule has 0 fully saturated rings. The van der Waals surface area contributed by atoms with Crippen LogP contribution in [-0.2, 0) is 18.3 Å². The summed E-state index contributed by atoms with van der Waals surface area (Å²) in [4.78, 5) is 11.2. The van der Waals surface area contributed by atoms with Crippen LogP contribution in [0.2, 0.25) is 0 Å². The molecule has 0 aromatic carbocycles. The van der Waals surface area contributed by atoms with Gasteiger partial charge >= 0.3 is 0 Å². The first kappa shape index (κ1) is 10.9. The van der Waals surface area contributed by atoms with E-state index in [1.807, 2.05) is 20.2 Å². The Bertz CT molecular complexity index is 293. The van der Waals surface area contributed by atoms with Crippen LogP contribution in [0.3, 0.4) is 0 Å². The van der Waals surface area contributed by atoms with Gasteiger partial charge in [0.05, 0.1) is 5.69 Å². The molecule has 0 amide bonds. The lowest BCUT2D eigenvalue weighted by Gasteiger charge is -1.96. The number of carbonyl (C=O) groups is 1. The van der Waals surface area contributed by atoms with E-state index in [9.17, 15) is 4.79 Å². The molecular weight excluding hydrogens is 178 g/mol. The van der Waals surface area contributed by atoms with Gasteiger partial charge in [-0.25, -0.2) is 0 Å². The van der Waals surface area contributed by atoms with E-state index in [2.05, 4.69) is 10.3 Å². The molecule has 0 spiro atoms. The van der Waals surface area contributed by atoms with Gasteiger partial charge in [-0.05, 0) is 19.3 Å². The molecule has 0 bridgehead atoms. The fourth-order valence-electron chi connectivity index (χ4n) is 1.38. The zero-order valence-electron chi connectivity index (χ0n) is 8.86. The molecule has 1 rings (SSSR count). The molecule has 0 atom stereocenters. The van der Waals surface area contributed by atoms with E-state index in [0.717, 1.165) is 25.0 Å². The molecule has 0 unspecified atom stereocenters. The largest absolute Gasteiger partial charge is 0.300 e. The van der Waals surface area contributed by atoms with Crippen LogP contribution in [0.5, 0.6) is 0 Å². The maximum Gasteiger partial charge on any atom is 0.132 e. The SMILES string of the molecule is CCCC(=O)CCCc1cn(C)nn1. The maximum absolute atomic E-state index is 11.2. The van der Waals surface area contributed by atoms with Crippen molar-refractivity contribution in [3.63, 3.8) is 0 Å². The molecule has 4 nitrogen and oxygen atoms in total. The number of hydrogen-bond donors (Lipinski definition) is 0. The van der Waals surface area contributed by atoms with Crippen LogP contribution in [0.15, 0.2) is 6.20 Å². The summed E-state index contributed by atoms with van der Waals surface area (Å²) in [7, 11) is 1.85. The van der Waals surface area contributed by atoms with Crippen molar-refractivity contribution < 1.29 is 4.79 Å². The second-order valence-electron chi connectivity index (χ2n) is 3.53. The Labute approximate surface area is 84.3 Å². The van der Waals surface area contributed by atoms with Crippen LogP contribution in [0, 0.1) is 0 Å². The molecule has 0 aliphatic carbocycles. The summed E-state index contributed by atoms with van der Waals surface area (Å²) >= 11 is 0. The highest BCUT2D eigenvalue weighted by Gasteiger charge is 2.02. The van der Waals surface area contributed by atoms with Gasteiger partial charge in [0.25, 0.3) is 0 Å². The highest BCUT2D eigenvalue weighted by Crippen LogP contribution is 2.03. The van der Waals surface area contributed by atoms with Crippen molar-refractivity contribution in [2.24, 2.45) is 7.05 Å². The highest BCUT2D eigenvalue weighted by atomic mass is 16.1. The molecule has 0 aliphatic rings. The van der Waals surface area contributed by atoms with Crippen molar-refractivity contribution in [2.75, 3.05) is 0 Å². The molecule has 1 heterocycles. The lowest BCUT2D eigenvalue weighted by atomic mass is 10.1. The summed E-state index contributed by atoms with van der Waals surface area (Å²) in [6.07, 6.45) is 5.96. The molecule has 0 radical (unpaired) electrons. The highest BCUT2D eigenvalue weighted by molar-refractivity contribution is 5.78. The molecule has 0 N–H and O–H groups in total. The third-order valence-electron chi connectivity index (χ3n) is 2.07. The van der Waals surface area contributed by atoms with E-state index in [-0.39, 0.29) is 0 Å². The topological polar surface area (TPSA) is 47.8 Å². The lowest BCUT2D eigenvalue weighted by molar-refractivity contribution is -0.119. The molecule has 1 aromatic rings. The number of carbonyl (C=O) groups excluding carboxylic acids is 1. The standard InChI is InChI=1S/C10H17N3O/c1-3-5-10(14)7-4-6-9-8-13(2)12-11-9/h8H,3-7H2,1-2H3. The van der Waals surface area contributed by atoms with Gasteiger partial charge in [-0.15, -0.1) is 5.10 Å². The van der Waals surface area contributed by atoms with Crippen LogP contribution in [-0.4, -0.2) is 20.8 Å². The summed E-state index contributed by atoms with van der Waals surface area (Å²) in [5.41, 5.74) is 0.969. The van der Waals surface area contributed by atoms with Crippen LogP contribution in [0.4, 0.5) is 0 Å². The van der Waals surface area contributed by atoms with Crippen molar-refractivity contribution in [3.05, 3.63) is 11.9 Å². The van der Waals surface area contributed by atoms with Gasteiger partial charge in [-0.3, -0.25) is 9.48 Å². The molecule has 1 aromatic heterocycles. The van der Waals surface area contributed by atoms with E-state index in [1.165, 1.54) is 0 Å². The maximum atomic E-state index is 11.2. The third kappa shape index (κ3) is 3.68. The summed E-state index contributed by atoms with van der Waals surface area (Å²) in [6, 6.07) is 0. The minimum absolute atomic E-state index is 0.358. The molecule has 14 heavy (non-hydrogen) atoms. The smallest absolute Gasteiger partial charge is 0.132 e. The Kier molecular flexibility index (Phi) is 4.29. The number of Topliss-reactive ketones (excluding diaryl/α,β-unsaturated/α-hetero) is 1. The second-order valence-corrected chi connectivity index (χ2v) is 3.53. The molecule has 78 valence electrons. The Morgan fingerprint density at radius 2 is 2.29 bits per heavy atom. The van der Waals surface area contributed by atoms with Gasteiger partial charge in [0, 0.05) is 26.1 Å². The lowest BCUT2D eigenvalue weighted by Crippen LogP contribution is -1.98. The number of hydrogen-bond acceptors (Lipinski definition) is 3. The fourth-order valence-corrected chi connectivity index (χ4v) is 1.38. The number of ketones is 1. The zero-order valence-corrected chi connectivity index (χ0v) is 8.86. The van der Waals surface area contributed by atoms with Crippen molar-refractivity contribution in [1.82, 2.24) is 15.0 Å². The first-order chi connectivity index (χ1) is 6.72. The number of aromatic nitrogens is 3. The normalized spacial score (nSPS) is 10.4. The fraction of sp³-hybridized carbons (Fsp3) is 0.700. The van der Waals surface area contributed by atoms with E-state index in [4.69, 9.17) is 0 Å². The van der Waals surface area contributed by atoms with Crippen LogP contribution < -0.4 is 0 Å². The van der Waals surface area contributed by atoms with Crippen molar-refractivity contribution >= 4 is 5.78 Å². The summed E-state index contributed by atoms with van der Waals surface area (Å²) in [5.74, 6) is 0.358. The molecule has 0 saturated carbocycles. The van der Waals surface area contributed by atoms with Crippen molar-refractivity contribution in [2.45, 2.75) is 39.0 Å². The van der Waals surface area contributed by atoms with Crippen LogP contribution in [0.1, 0.15) is 38.3 Å². The number of nitrogens with zero attached hydrogens (tertiary/aromatic N) is 3. The average molecular weight is 195 g/mol. The van der Waals surface area contributed by atoms with E-state index in [0.29, 0.717) is 18.6 Å². The van der Waals surface area contributed by atoms with Gasteiger partial charge < -0.3 is 0 Å². The van der Waals surface area contributed by atoms with E-state index < -0.39 is 0 Å². The Morgan fingerprint density at radius 3 is 2.86 bits per heavy atom. The van der Waals surface area contributed by atoms with Gasteiger partial charge in [-0.2, -0.15) is 0 Å². The number of aryl methyl sites for hydroxylation is 2. The quantitative estimate of drug-likeness (QED) is 0.691. The molecule has 0 saturated heterocycles. The van der Waals surface area contributed by atoms with Gasteiger partial charge in [0.1, 0.15) is 5.78 Å². The second kappa shape index (κ2) is 5.52. The molecule has 4 heteroatoms.